The van der Waals surface area contributed by atoms with E-state index in [2.05, 4.69) is 47.7 Å². The van der Waals surface area contributed by atoms with Gasteiger partial charge in [0.2, 0.25) is 11.7 Å². The first kappa shape index (κ1) is 27.8. The van der Waals surface area contributed by atoms with Gasteiger partial charge in [0.1, 0.15) is 29.0 Å². The summed E-state index contributed by atoms with van der Waals surface area (Å²) in [6, 6.07) is 9.97. The molecular weight excluding hydrogens is 524 g/mol. The maximum Gasteiger partial charge on any atom is 0.277 e. The van der Waals surface area contributed by atoms with E-state index in [0.717, 1.165) is 38.2 Å². The van der Waals surface area contributed by atoms with Crippen molar-refractivity contribution in [3.63, 3.8) is 0 Å². The van der Waals surface area contributed by atoms with Crippen molar-refractivity contribution in [3.8, 4) is 6.07 Å². The summed E-state index contributed by atoms with van der Waals surface area (Å²) in [5.41, 5.74) is 7.43. The molecule has 41 heavy (non-hydrogen) atoms. The number of fused-ring (bicyclic) bond motifs is 1. The van der Waals surface area contributed by atoms with E-state index < -0.39 is 0 Å². The maximum absolute atomic E-state index is 12.7. The summed E-state index contributed by atoms with van der Waals surface area (Å²) in [6.45, 7) is 3.68. The van der Waals surface area contributed by atoms with E-state index in [0.29, 0.717) is 54.3 Å². The van der Waals surface area contributed by atoms with Crippen LogP contribution in [0.2, 0.25) is 0 Å². The van der Waals surface area contributed by atoms with Crippen molar-refractivity contribution in [2.75, 3.05) is 31.5 Å². The standard InChI is InChI=1S/C27H32N12O2/c28-10-5-22(40)39-13-8-18(9-14-39)24-33-21-15-31-37-27(41)23(21)26(34-24)32-20-3-1-17(2-4-20)16-38-11-6-19(7-12-38)25(35-29)36-30/h1-4,15,18-19,29H,5-9,11-14,16,30H2,(H,37,41)(H,32,33,34)/p+1. The number of H-pyrrole nitrogens is 1. The fraction of sp³-hybridized carbons (Fsp3) is 0.444. The summed E-state index contributed by atoms with van der Waals surface area (Å²) in [4.78, 5) is 38.3. The molecule has 212 valence electrons. The Labute approximate surface area is 236 Å². The molecule has 2 fully saturated rings. The van der Waals surface area contributed by atoms with Crippen LogP contribution in [-0.4, -0.2) is 67.9 Å². The molecule has 0 atom stereocenters. The first-order valence-electron chi connectivity index (χ1n) is 13.7. The lowest BCUT2D eigenvalue weighted by molar-refractivity contribution is -0.208. The summed E-state index contributed by atoms with van der Waals surface area (Å²) in [5, 5.41) is 26.3. The molecule has 2 aliphatic heterocycles. The van der Waals surface area contributed by atoms with Crippen LogP contribution in [0.1, 0.15) is 49.4 Å². The number of nitrogens with zero attached hydrogens (tertiary/aromatic N) is 8. The fourth-order valence-electron chi connectivity index (χ4n) is 5.54. The van der Waals surface area contributed by atoms with E-state index in [1.165, 1.54) is 11.8 Å². The highest BCUT2D eigenvalue weighted by atomic mass is 16.2. The number of hydrogen-bond acceptors (Lipinski definition) is 10. The number of amidine groups is 1. The van der Waals surface area contributed by atoms with Crippen molar-refractivity contribution in [1.82, 2.24) is 30.0 Å². The molecule has 14 nitrogen and oxygen atoms in total. The first-order chi connectivity index (χ1) is 20.0. The van der Waals surface area contributed by atoms with E-state index in [-0.39, 0.29) is 29.7 Å². The zero-order valence-electron chi connectivity index (χ0n) is 22.7. The van der Waals surface area contributed by atoms with Crippen LogP contribution in [-0.2, 0) is 11.3 Å². The van der Waals surface area contributed by atoms with Gasteiger partial charge in [0.05, 0.1) is 12.3 Å². The molecule has 1 aromatic carbocycles. The number of rotatable bonds is 7. The number of anilines is 2. The number of aromatic nitrogens is 4. The summed E-state index contributed by atoms with van der Waals surface area (Å²) in [5.74, 6) is 6.98. The monoisotopic (exact) mass is 557 g/mol. The van der Waals surface area contributed by atoms with Crippen molar-refractivity contribution in [2.45, 2.75) is 44.6 Å². The Morgan fingerprint density at radius 1 is 1.15 bits per heavy atom. The molecule has 0 unspecified atom stereocenters. The average Bonchev–Trinajstić information content (AvgIpc) is 3.00. The van der Waals surface area contributed by atoms with Gasteiger partial charge in [-0.15, -0.1) is 0 Å². The van der Waals surface area contributed by atoms with Crippen LogP contribution < -0.4 is 22.2 Å². The normalized spacial score (nSPS) is 17.3. The Kier molecular flexibility index (Phi) is 8.54. The van der Waals surface area contributed by atoms with Crippen molar-refractivity contribution >= 4 is 34.2 Å². The van der Waals surface area contributed by atoms with Crippen LogP contribution in [0.15, 0.2) is 45.5 Å². The Morgan fingerprint density at radius 3 is 2.54 bits per heavy atom. The zero-order valence-corrected chi connectivity index (χ0v) is 22.7. The quantitative estimate of drug-likeness (QED) is 0.106. The number of carbonyl (C=O) groups is 1. The van der Waals surface area contributed by atoms with E-state index >= 15 is 0 Å². The molecule has 4 heterocycles. The highest BCUT2D eigenvalue weighted by molar-refractivity contribution is 5.89. The maximum atomic E-state index is 12.7. The number of amides is 1. The number of piperidine rings is 2. The lowest BCUT2D eigenvalue weighted by atomic mass is 9.95. The molecular formula is C27H33N12O2+. The smallest absolute Gasteiger partial charge is 0.277 e. The van der Waals surface area contributed by atoms with Gasteiger partial charge in [-0.05, 0) is 56.5 Å². The number of nitrogens with one attached hydrogen (secondary N) is 2. The summed E-state index contributed by atoms with van der Waals surface area (Å²) in [6.07, 6.45) is 4.55. The average molecular weight is 558 g/mol. The van der Waals surface area contributed by atoms with Gasteiger partial charge in [0.25, 0.3) is 5.56 Å². The van der Waals surface area contributed by atoms with Gasteiger partial charge in [-0.1, -0.05) is 12.1 Å². The predicted octanol–water partition coefficient (Wildman–Crippen LogP) is 0.772. The third-order valence-corrected chi connectivity index (χ3v) is 7.82. The number of hydrazone groups is 1. The molecule has 3 aromatic rings. The summed E-state index contributed by atoms with van der Waals surface area (Å²) < 4.78 is 0. The van der Waals surface area contributed by atoms with E-state index in [9.17, 15) is 9.59 Å². The number of nitrogens with two attached hydrogens (primary N) is 2. The van der Waals surface area contributed by atoms with Crippen LogP contribution in [0.25, 0.3) is 10.9 Å². The number of likely N-dealkylation sites (tertiary alicyclic amines) is 2. The van der Waals surface area contributed by atoms with Gasteiger partial charge in [-0.3, -0.25) is 14.5 Å². The number of benzene rings is 1. The lowest BCUT2D eigenvalue weighted by Gasteiger charge is -2.31. The Balaban J connectivity index is 1.28. The number of aromatic amines is 1. The van der Waals surface area contributed by atoms with Crippen LogP contribution in [0.5, 0.6) is 0 Å². The SMILES string of the molecule is N#CCC(=O)N1CCC(c2nc(Nc3ccc(CN4CCC(C(N=[NH2+])=NN)CC4)cc3)c3c(=O)[nH]ncc3n2)CC1. The Bertz CT molecular complexity index is 1530. The van der Waals surface area contributed by atoms with Crippen LogP contribution >= 0.6 is 0 Å². The molecule has 0 spiro atoms. The molecule has 2 aromatic heterocycles. The number of hydrogen-bond donors (Lipinski definition) is 4. The van der Waals surface area contributed by atoms with Gasteiger partial charge < -0.3 is 16.1 Å². The number of carbonyl (C=O) groups excluding carboxylic acids is 1. The Hall–Kier alpha value is -4.77. The minimum atomic E-state index is -0.376. The second kappa shape index (κ2) is 12.6. The molecule has 2 saturated heterocycles. The van der Waals surface area contributed by atoms with E-state index in [4.69, 9.17) is 21.6 Å². The third kappa shape index (κ3) is 6.36. The largest absolute Gasteiger partial charge is 0.342 e. The molecule has 1 amide bonds. The highest BCUT2D eigenvalue weighted by Gasteiger charge is 2.27. The van der Waals surface area contributed by atoms with Crippen molar-refractivity contribution in [3.05, 3.63) is 52.2 Å². The summed E-state index contributed by atoms with van der Waals surface area (Å²) >= 11 is 0. The van der Waals surface area contributed by atoms with Crippen molar-refractivity contribution in [2.24, 2.45) is 22.0 Å². The molecule has 0 saturated carbocycles. The zero-order chi connectivity index (χ0) is 28.8. The van der Waals surface area contributed by atoms with E-state index in [1.54, 1.807) is 4.90 Å². The van der Waals surface area contributed by atoms with Crippen LogP contribution in [0.3, 0.4) is 0 Å². The molecule has 5 rings (SSSR count). The summed E-state index contributed by atoms with van der Waals surface area (Å²) in [7, 11) is 0. The lowest BCUT2D eigenvalue weighted by Crippen LogP contribution is -2.38. The topological polar surface area (TPSA) is 207 Å². The second-order valence-corrected chi connectivity index (χ2v) is 10.4. The molecule has 6 N–H and O–H groups in total. The van der Waals surface area contributed by atoms with E-state index in [1.807, 2.05) is 18.2 Å². The van der Waals surface area contributed by atoms with Crippen LogP contribution in [0.4, 0.5) is 11.5 Å². The number of nitriles is 1. The van der Waals surface area contributed by atoms with Gasteiger partial charge in [-0.25, -0.2) is 15.1 Å². The Morgan fingerprint density at radius 2 is 1.88 bits per heavy atom. The molecule has 0 aliphatic carbocycles. The molecule has 2 aliphatic rings. The minimum absolute atomic E-state index is 0.0163. The first-order valence-corrected chi connectivity index (χ1v) is 13.7. The second-order valence-electron chi connectivity index (χ2n) is 10.4. The molecule has 0 radical (unpaired) electrons. The third-order valence-electron chi connectivity index (χ3n) is 7.82. The van der Waals surface area contributed by atoms with Crippen LogP contribution in [0, 0.1) is 17.2 Å². The molecule has 0 bridgehead atoms. The highest BCUT2D eigenvalue weighted by Crippen LogP contribution is 2.30. The van der Waals surface area contributed by atoms with Gasteiger partial charge >= 0.3 is 0 Å². The van der Waals surface area contributed by atoms with Crippen molar-refractivity contribution < 1.29 is 10.3 Å². The van der Waals surface area contributed by atoms with Gasteiger partial charge in [0.15, 0.2) is 0 Å². The van der Waals surface area contributed by atoms with Crippen molar-refractivity contribution in [1.29, 1.82) is 5.26 Å². The minimum Gasteiger partial charge on any atom is -0.342 e. The van der Waals surface area contributed by atoms with Gasteiger partial charge in [0, 0.05) is 42.3 Å². The van der Waals surface area contributed by atoms with Gasteiger partial charge in [-0.2, -0.15) is 21.0 Å². The molecule has 14 heteroatoms. The fourth-order valence-corrected chi connectivity index (χ4v) is 5.54. The predicted molar refractivity (Wildman–Crippen MR) is 150 cm³/mol.